The summed E-state index contributed by atoms with van der Waals surface area (Å²) in [6.07, 6.45) is 7.00. The van der Waals surface area contributed by atoms with Gasteiger partial charge in [-0.3, -0.25) is 4.79 Å². The minimum Gasteiger partial charge on any atom is -0.376 e. The predicted octanol–water partition coefficient (Wildman–Crippen LogP) is 0.797. The lowest BCUT2D eigenvalue weighted by Crippen LogP contribution is -2.69. The van der Waals surface area contributed by atoms with Gasteiger partial charge in [0.25, 0.3) is 0 Å². The third kappa shape index (κ3) is 1.97. The fourth-order valence-electron chi connectivity index (χ4n) is 3.57. The van der Waals surface area contributed by atoms with Crippen molar-refractivity contribution in [2.24, 2.45) is 17.6 Å². The number of ether oxygens (including phenoxy) is 1. The molecule has 1 heterocycles. The second kappa shape index (κ2) is 4.58. The summed E-state index contributed by atoms with van der Waals surface area (Å²) in [6.45, 7) is 0.804. The molecule has 0 spiro atoms. The average molecular weight is 238 g/mol. The monoisotopic (exact) mass is 238 g/mol. The van der Waals surface area contributed by atoms with Gasteiger partial charge in [0.2, 0.25) is 5.91 Å². The van der Waals surface area contributed by atoms with Gasteiger partial charge in [-0.25, -0.2) is 0 Å². The number of nitrogens with one attached hydrogen (secondary N) is 1. The topological polar surface area (TPSA) is 64.3 Å². The van der Waals surface area contributed by atoms with E-state index in [1.807, 2.05) is 0 Å². The quantitative estimate of drug-likeness (QED) is 0.748. The van der Waals surface area contributed by atoms with Crippen molar-refractivity contribution in [3.63, 3.8) is 0 Å². The number of hydrogen-bond donors (Lipinski definition) is 2. The van der Waals surface area contributed by atoms with E-state index >= 15 is 0 Å². The predicted molar refractivity (Wildman–Crippen MR) is 64.3 cm³/mol. The zero-order chi connectivity index (χ0) is 11.8. The van der Waals surface area contributed by atoms with E-state index in [2.05, 4.69) is 5.32 Å². The first-order valence-electron chi connectivity index (χ1n) is 6.95. The zero-order valence-corrected chi connectivity index (χ0v) is 10.2. The molecule has 4 unspecified atom stereocenters. The highest BCUT2D eigenvalue weighted by molar-refractivity contribution is 5.79. The summed E-state index contributed by atoms with van der Waals surface area (Å²) in [6, 6.07) is 0.173. The maximum absolute atomic E-state index is 12.1. The van der Waals surface area contributed by atoms with Crippen LogP contribution < -0.4 is 11.1 Å². The molecule has 1 aliphatic heterocycles. The Morgan fingerprint density at radius 3 is 2.71 bits per heavy atom. The lowest BCUT2D eigenvalue weighted by molar-refractivity contribution is -0.130. The van der Waals surface area contributed by atoms with Crippen molar-refractivity contribution in [1.29, 1.82) is 0 Å². The van der Waals surface area contributed by atoms with Crippen LogP contribution in [0.1, 0.15) is 38.5 Å². The molecule has 4 heteroatoms. The fourth-order valence-corrected chi connectivity index (χ4v) is 3.57. The minimum atomic E-state index is 0.0666. The number of fused-ring (bicyclic) bond motifs is 1. The normalized spacial score (nSPS) is 41.7. The van der Waals surface area contributed by atoms with Crippen LogP contribution in [0.3, 0.4) is 0 Å². The Morgan fingerprint density at radius 2 is 1.94 bits per heavy atom. The summed E-state index contributed by atoms with van der Waals surface area (Å²) < 4.78 is 5.63. The summed E-state index contributed by atoms with van der Waals surface area (Å²) in [7, 11) is 0. The molecule has 1 saturated heterocycles. The standard InChI is InChI=1S/C13H22N2O2/c14-10-9-6-7-17-12(9)11(10)15-13(16)8-4-2-1-3-5-8/h8-12H,1-7,14H2,(H,15,16). The Balaban J connectivity index is 1.54. The molecule has 96 valence electrons. The Bertz CT molecular complexity index is 302. The van der Waals surface area contributed by atoms with Gasteiger partial charge in [0.1, 0.15) is 0 Å². The van der Waals surface area contributed by atoms with Gasteiger partial charge in [0.15, 0.2) is 0 Å². The SMILES string of the molecule is NC1C2CCOC2C1NC(=O)C1CCCCC1. The van der Waals surface area contributed by atoms with Crippen LogP contribution in [-0.4, -0.2) is 30.7 Å². The Labute approximate surface area is 102 Å². The zero-order valence-electron chi connectivity index (χ0n) is 10.2. The molecule has 0 radical (unpaired) electrons. The maximum atomic E-state index is 12.1. The molecule has 0 bridgehead atoms. The summed E-state index contributed by atoms with van der Waals surface area (Å²) in [5.41, 5.74) is 6.09. The van der Waals surface area contributed by atoms with Crippen LogP contribution in [0.25, 0.3) is 0 Å². The highest BCUT2D eigenvalue weighted by atomic mass is 16.5. The summed E-state index contributed by atoms with van der Waals surface area (Å²) in [5.74, 6) is 0.905. The molecule has 3 rings (SSSR count). The second-order valence-electron chi connectivity index (χ2n) is 5.73. The summed E-state index contributed by atoms with van der Waals surface area (Å²) in [4.78, 5) is 12.1. The first kappa shape index (κ1) is 11.5. The summed E-state index contributed by atoms with van der Waals surface area (Å²) in [5, 5.41) is 3.12. The van der Waals surface area contributed by atoms with E-state index in [0.717, 1.165) is 25.9 Å². The number of carbonyl (C=O) groups is 1. The molecule has 1 amide bonds. The van der Waals surface area contributed by atoms with Gasteiger partial charge in [-0.2, -0.15) is 0 Å². The third-order valence-corrected chi connectivity index (χ3v) is 4.73. The van der Waals surface area contributed by atoms with E-state index in [0.29, 0.717) is 5.92 Å². The Morgan fingerprint density at radius 1 is 1.18 bits per heavy atom. The van der Waals surface area contributed by atoms with Crippen LogP contribution in [0, 0.1) is 11.8 Å². The molecular weight excluding hydrogens is 216 g/mol. The first-order valence-corrected chi connectivity index (χ1v) is 6.95. The van der Waals surface area contributed by atoms with Gasteiger partial charge in [-0.1, -0.05) is 19.3 Å². The number of hydrogen-bond acceptors (Lipinski definition) is 3. The van der Waals surface area contributed by atoms with Crippen LogP contribution >= 0.6 is 0 Å². The molecule has 2 saturated carbocycles. The van der Waals surface area contributed by atoms with E-state index in [-0.39, 0.29) is 30.0 Å². The first-order chi connectivity index (χ1) is 8.27. The maximum Gasteiger partial charge on any atom is 0.223 e. The molecule has 3 N–H and O–H groups in total. The molecular formula is C13H22N2O2. The van der Waals surface area contributed by atoms with E-state index in [9.17, 15) is 4.79 Å². The highest BCUT2D eigenvalue weighted by Gasteiger charge is 2.52. The summed E-state index contributed by atoms with van der Waals surface area (Å²) >= 11 is 0. The van der Waals surface area contributed by atoms with Crippen LogP contribution in [0.4, 0.5) is 0 Å². The van der Waals surface area contributed by atoms with Crippen LogP contribution in [0.15, 0.2) is 0 Å². The smallest absolute Gasteiger partial charge is 0.223 e. The van der Waals surface area contributed by atoms with E-state index in [1.54, 1.807) is 0 Å². The van der Waals surface area contributed by atoms with Crippen LogP contribution in [0.2, 0.25) is 0 Å². The van der Waals surface area contributed by atoms with Crippen molar-refractivity contribution in [1.82, 2.24) is 5.32 Å². The molecule has 0 aromatic heterocycles. The van der Waals surface area contributed by atoms with Crippen molar-refractivity contribution < 1.29 is 9.53 Å². The van der Waals surface area contributed by atoms with Crippen molar-refractivity contribution in [3.05, 3.63) is 0 Å². The molecule has 4 nitrogen and oxygen atoms in total. The molecule has 3 aliphatic rings. The largest absolute Gasteiger partial charge is 0.376 e. The van der Waals surface area contributed by atoms with Gasteiger partial charge < -0.3 is 15.8 Å². The van der Waals surface area contributed by atoms with Crippen LogP contribution in [-0.2, 0) is 9.53 Å². The number of nitrogens with two attached hydrogens (primary N) is 1. The highest BCUT2D eigenvalue weighted by Crippen LogP contribution is 2.38. The average Bonchev–Trinajstić information content (AvgIpc) is 2.81. The van der Waals surface area contributed by atoms with Crippen LogP contribution in [0.5, 0.6) is 0 Å². The van der Waals surface area contributed by atoms with E-state index in [4.69, 9.17) is 10.5 Å². The minimum absolute atomic E-state index is 0.0666. The van der Waals surface area contributed by atoms with Crippen molar-refractivity contribution >= 4 is 5.91 Å². The second-order valence-corrected chi connectivity index (χ2v) is 5.73. The number of amides is 1. The van der Waals surface area contributed by atoms with Crippen molar-refractivity contribution in [2.75, 3.05) is 6.61 Å². The molecule has 2 aliphatic carbocycles. The third-order valence-electron chi connectivity index (χ3n) is 4.73. The van der Waals surface area contributed by atoms with Gasteiger partial charge >= 0.3 is 0 Å². The van der Waals surface area contributed by atoms with Gasteiger partial charge in [-0.05, 0) is 19.3 Å². The van der Waals surface area contributed by atoms with Gasteiger partial charge in [-0.15, -0.1) is 0 Å². The van der Waals surface area contributed by atoms with Crippen molar-refractivity contribution in [2.45, 2.75) is 56.7 Å². The fraction of sp³-hybridized carbons (Fsp3) is 0.923. The van der Waals surface area contributed by atoms with E-state index in [1.165, 1.54) is 19.3 Å². The molecule has 4 atom stereocenters. The molecule has 3 fully saturated rings. The lowest BCUT2D eigenvalue weighted by atomic mass is 9.72. The number of rotatable bonds is 2. The Hall–Kier alpha value is -0.610. The lowest BCUT2D eigenvalue weighted by Gasteiger charge is -2.46. The number of carbonyl (C=O) groups excluding carboxylic acids is 1. The van der Waals surface area contributed by atoms with E-state index < -0.39 is 0 Å². The van der Waals surface area contributed by atoms with Crippen molar-refractivity contribution in [3.8, 4) is 0 Å². The molecule has 17 heavy (non-hydrogen) atoms. The molecule has 0 aromatic rings. The molecule has 0 aromatic carbocycles. The Kier molecular flexibility index (Phi) is 3.09. The van der Waals surface area contributed by atoms with Gasteiger partial charge in [0.05, 0.1) is 12.1 Å². The van der Waals surface area contributed by atoms with Gasteiger partial charge in [0, 0.05) is 24.5 Å².